The number of benzene rings is 2. The van der Waals surface area contributed by atoms with Gasteiger partial charge in [-0.25, -0.2) is 4.39 Å². The Labute approximate surface area is 164 Å². The molecule has 0 aliphatic carbocycles. The van der Waals surface area contributed by atoms with Crippen LogP contribution in [0.25, 0.3) is 11.3 Å². The lowest BCUT2D eigenvalue weighted by atomic mass is 10.1. The van der Waals surface area contributed by atoms with Crippen molar-refractivity contribution in [1.82, 2.24) is 5.16 Å². The number of rotatable bonds is 5. The molecule has 4 rings (SSSR count). The van der Waals surface area contributed by atoms with Crippen LogP contribution in [0.2, 0.25) is 5.02 Å². The standard InChI is InChI=1S/C20H15ClFNO5/c21-15-2-1-3-16(22)14(15)10-20(24)27-11-13-9-18(28-23-13)12-4-5-17-19(8-12)26-7-6-25-17/h1-5,8-9H,6-7,10-11H2. The minimum atomic E-state index is -0.615. The minimum absolute atomic E-state index is 0.0983. The second kappa shape index (κ2) is 7.90. The monoisotopic (exact) mass is 403 g/mol. The van der Waals surface area contributed by atoms with Crippen LogP contribution in [0.3, 0.4) is 0 Å². The second-order valence-corrected chi connectivity index (χ2v) is 6.49. The fourth-order valence-electron chi connectivity index (χ4n) is 2.76. The molecule has 28 heavy (non-hydrogen) atoms. The van der Waals surface area contributed by atoms with Crippen LogP contribution in [0, 0.1) is 5.82 Å². The van der Waals surface area contributed by atoms with Gasteiger partial charge in [0, 0.05) is 22.2 Å². The number of halogens is 2. The molecular weight excluding hydrogens is 389 g/mol. The average Bonchev–Trinajstić information content (AvgIpc) is 3.18. The van der Waals surface area contributed by atoms with Crippen LogP contribution < -0.4 is 9.47 Å². The van der Waals surface area contributed by atoms with Crippen molar-refractivity contribution in [1.29, 1.82) is 0 Å². The zero-order valence-electron chi connectivity index (χ0n) is 14.6. The summed E-state index contributed by atoms with van der Waals surface area (Å²) in [6.45, 7) is 0.904. The normalized spacial score (nSPS) is 12.6. The lowest BCUT2D eigenvalue weighted by Crippen LogP contribution is -2.15. The molecule has 144 valence electrons. The van der Waals surface area contributed by atoms with Crippen LogP contribution in [0.15, 0.2) is 47.0 Å². The Kier molecular flexibility index (Phi) is 5.16. The van der Waals surface area contributed by atoms with E-state index in [4.69, 9.17) is 30.3 Å². The molecule has 3 aromatic rings. The molecule has 0 N–H and O–H groups in total. The Morgan fingerprint density at radius 3 is 2.79 bits per heavy atom. The molecule has 0 saturated carbocycles. The molecule has 0 bridgehead atoms. The first-order valence-corrected chi connectivity index (χ1v) is 8.92. The third-order valence-electron chi connectivity index (χ3n) is 4.15. The topological polar surface area (TPSA) is 70.8 Å². The van der Waals surface area contributed by atoms with Crippen LogP contribution in [-0.4, -0.2) is 24.3 Å². The first-order chi connectivity index (χ1) is 13.6. The molecule has 0 amide bonds. The smallest absolute Gasteiger partial charge is 0.310 e. The zero-order valence-corrected chi connectivity index (χ0v) is 15.4. The summed E-state index contributed by atoms with van der Waals surface area (Å²) in [5.41, 5.74) is 1.29. The molecular formula is C20H15ClFNO5. The predicted molar refractivity (Wildman–Crippen MR) is 97.8 cm³/mol. The lowest BCUT2D eigenvalue weighted by Gasteiger charge is -2.18. The van der Waals surface area contributed by atoms with Crippen molar-refractivity contribution in [2.75, 3.05) is 13.2 Å². The van der Waals surface area contributed by atoms with Gasteiger partial charge in [-0.1, -0.05) is 22.8 Å². The van der Waals surface area contributed by atoms with Crippen molar-refractivity contribution >= 4 is 17.6 Å². The van der Waals surface area contributed by atoms with Gasteiger partial charge in [0.05, 0.1) is 6.42 Å². The quantitative estimate of drug-likeness (QED) is 0.595. The van der Waals surface area contributed by atoms with Gasteiger partial charge < -0.3 is 18.7 Å². The molecule has 2 heterocycles. The maximum atomic E-state index is 13.7. The molecule has 0 radical (unpaired) electrons. The third-order valence-corrected chi connectivity index (χ3v) is 4.50. The summed E-state index contributed by atoms with van der Waals surface area (Å²) in [7, 11) is 0. The number of esters is 1. The number of hydrogen-bond acceptors (Lipinski definition) is 6. The van der Waals surface area contributed by atoms with Crippen molar-refractivity contribution < 1.29 is 27.9 Å². The fraction of sp³-hybridized carbons (Fsp3) is 0.200. The molecule has 0 spiro atoms. The molecule has 0 unspecified atom stereocenters. The largest absolute Gasteiger partial charge is 0.486 e. The first-order valence-electron chi connectivity index (χ1n) is 8.54. The van der Waals surface area contributed by atoms with E-state index in [1.807, 2.05) is 6.07 Å². The summed E-state index contributed by atoms with van der Waals surface area (Å²) in [5, 5.41) is 4.07. The highest BCUT2D eigenvalue weighted by Crippen LogP contribution is 2.34. The van der Waals surface area contributed by atoms with Crippen LogP contribution >= 0.6 is 11.6 Å². The number of hydrogen-bond donors (Lipinski definition) is 0. The number of ether oxygens (including phenoxy) is 3. The number of aromatic nitrogens is 1. The summed E-state index contributed by atoms with van der Waals surface area (Å²) in [5.74, 6) is 0.646. The second-order valence-electron chi connectivity index (χ2n) is 6.08. The third kappa shape index (κ3) is 3.94. The van der Waals surface area contributed by atoms with Gasteiger partial charge in [0.1, 0.15) is 31.3 Å². The van der Waals surface area contributed by atoms with Crippen LogP contribution in [0.1, 0.15) is 11.3 Å². The SMILES string of the molecule is O=C(Cc1c(F)cccc1Cl)OCc1cc(-c2ccc3c(c2)OCCO3)on1. The van der Waals surface area contributed by atoms with Gasteiger partial charge in [-0.2, -0.15) is 0 Å². The van der Waals surface area contributed by atoms with Gasteiger partial charge >= 0.3 is 5.97 Å². The Hall–Kier alpha value is -3.06. The summed E-state index contributed by atoms with van der Waals surface area (Å²) in [4.78, 5) is 12.0. The number of carbonyl (C=O) groups is 1. The van der Waals surface area contributed by atoms with Gasteiger partial charge in [0.15, 0.2) is 17.3 Å². The maximum Gasteiger partial charge on any atom is 0.310 e. The Bertz CT molecular complexity index is 999. The molecule has 8 heteroatoms. The van der Waals surface area contributed by atoms with Crippen LogP contribution in [-0.2, 0) is 22.6 Å². The maximum absolute atomic E-state index is 13.7. The fourth-order valence-corrected chi connectivity index (χ4v) is 2.99. The molecule has 1 aromatic heterocycles. The van der Waals surface area contributed by atoms with Gasteiger partial charge in [-0.05, 0) is 30.3 Å². The zero-order chi connectivity index (χ0) is 19.5. The number of fused-ring (bicyclic) bond motifs is 1. The summed E-state index contributed by atoms with van der Waals surface area (Å²) >= 11 is 5.92. The highest BCUT2D eigenvalue weighted by molar-refractivity contribution is 6.31. The van der Waals surface area contributed by atoms with E-state index in [0.29, 0.717) is 36.2 Å². The first kappa shape index (κ1) is 18.3. The van der Waals surface area contributed by atoms with E-state index in [2.05, 4.69) is 5.16 Å². The van der Waals surface area contributed by atoms with Gasteiger partial charge in [-0.3, -0.25) is 4.79 Å². The van der Waals surface area contributed by atoms with Gasteiger partial charge in [-0.15, -0.1) is 0 Å². The summed E-state index contributed by atoms with van der Waals surface area (Å²) < 4.78 is 35.2. The Morgan fingerprint density at radius 2 is 1.96 bits per heavy atom. The van der Waals surface area contributed by atoms with E-state index in [0.717, 1.165) is 5.56 Å². The Morgan fingerprint density at radius 1 is 1.14 bits per heavy atom. The molecule has 2 aromatic carbocycles. The molecule has 1 aliphatic rings. The number of nitrogens with zero attached hydrogens (tertiary/aromatic N) is 1. The molecule has 6 nitrogen and oxygen atoms in total. The summed E-state index contributed by atoms with van der Waals surface area (Å²) in [6, 6.07) is 11.3. The van der Waals surface area contributed by atoms with E-state index in [1.54, 1.807) is 18.2 Å². The van der Waals surface area contributed by atoms with Crippen molar-refractivity contribution in [3.05, 3.63) is 64.6 Å². The number of carbonyl (C=O) groups excluding carboxylic acids is 1. The van der Waals surface area contributed by atoms with Crippen molar-refractivity contribution in [2.24, 2.45) is 0 Å². The highest BCUT2D eigenvalue weighted by Gasteiger charge is 2.16. The van der Waals surface area contributed by atoms with Crippen LogP contribution in [0.5, 0.6) is 11.5 Å². The lowest BCUT2D eigenvalue weighted by molar-refractivity contribution is -0.144. The summed E-state index contributed by atoms with van der Waals surface area (Å²) in [6.07, 6.45) is -0.265. The van der Waals surface area contributed by atoms with E-state index >= 15 is 0 Å². The molecule has 0 fully saturated rings. The van der Waals surface area contributed by atoms with Gasteiger partial charge in [0.2, 0.25) is 0 Å². The van der Waals surface area contributed by atoms with Gasteiger partial charge in [0.25, 0.3) is 0 Å². The highest BCUT2D eigenvalue weighted by atomic mass is 35.5. The molecule has 1 aliphatic heterocycles. The van der Waals surface area contributed by atoms with Crippen LogP contribution in [0.4, 0.5) is 4.39 Å². The van der Waals surface area contributed by atoms with E-state index < -0.39 is 11.8 Å². The van der Waals surface area contributed by atoms with Crippen molar-refractivity contribution in [3.63, 3.8) is 0 Å². The van der Waals surface area contributed by atoms with E-state index in [-0.39, 0.29) is 23.6 Å². The molecule has 0 atom stereocenters. The minimum Gasteiger partial charge on any atom is -0.486 e. The van der Waals surface area contributed by atoms with Crippen molar-refractivity contribution in [2.45, 2.75) is 13.0 Å². The van der Waals surface area contributed by atoms with E-state index in [1.165, 1.54) is 18.2 Å². The Balaban J connectivity index is 1.39. The van der Waals surface area contributed by atoms with E-state index in [9.17, 15) is 9.18 Å². The van der Waals surface area contributed by atoms with Crippen molar-refractivity contribution in [3.8, 4) is 22.8 Å². The average molecular weight is 404 g/mol. The predicted octanol–water partition coefficient (Wildman–Crippen LogP) is 4.19. The molecule has 0 saturated heterocycles.